The van der Waals surface area contributed by atoms with Crippen LogP contribution in [0.1, 0.15) is 37.7 Å². The molecule has 3 aromatic heterocycles. The first-order valence-corrected chi connectivity index (χ1v) is 9.05. The summed E-state index contributed by atoms with van der Waals surface area (Å²) in [4.78, 5) is 16.0. The van der Waals surface area contributed by atoms with E-state index in [0.29, 0.717) is 22.4 Å². The summed E-state index contributed by atoms with van der Waals surface area (Å²) >= 11 is 0. The summed E-state index contributed by atoms with van der Waals surface area (Å²) in [5, 5.41) is 11.7. The van der Waals surface area contributed by atoms with Crippen LogP contribution in [0.25, 0.3) is 11.1 Å². The third-order valence-corrected chi connectivity index (χ3v) is 4.87. The van der Waals surface area contributed by atoms with Crippen LogP contribution < -0.4 is 4.74 Å². The van der Waals surface area contributed by atoms with Crippen molar-refractivity contribution in [1.82, 2.24) is 19.9 Å². The Bertz CT molecular complexity index is 1020. The highest BCUT2D eigenvalue weighted by Crippen LogP contribution is 2.46. The van der Waals surface area contributed by atoms with Crippen LogP contribution >= 0.6 is 0 Å². The minimum Gasteiger partial charge on any atom is -0.481 e. The Morgan fingerprint density at radius 3 is 1.83 bits per heavy atom. The maximum Gasteiger partial charge on any atom is 0.433 e. The van der Waals surface area contributed by atoms with E-state index in [0.717, 1.165) is 12.3 Å². The number of ether oxygens (including phenoxy) is 1. The van der Waals surface area contributed by atoms with Gasteiger partial charge in [-0.2, -0.15) is 13.2 Å². The third kappa shape index (κ3) is 3.85. The standard InChI is InChI=1S/C21H21F3N4O2/c1-19(2,3)20(29,15-11-25-12-28-18(15)30-4)16-7-5-13(9-26-16)14-6-8-17(27-10-14)21(22,23)24/h5-12,29H,1-4H3. The average Bonchev–Trinajstić information content (AvgIpc) is 2.72. The second kappa shape index (κ2) is 7.64. The lowest BCUT2D eigenvalue weighted by molar-refractivity contribution is -0.141. The molecule has 6 nitrogen and oxygen atoms in total. The van der Waals surface area contributed by atoms with Crippen molar-refractivity contribution in [1.29, 1.82) is 0 Å². The first-order valence-electron chi connectivity index (χ1n) is 9.05. The topological polar surface area (TPSA) is 81.0 Å². The molecule has 9 heteroatoms. The van der Waals surface area contributed by atoms with Crippen LogP contribution in [-0.2, 0) is 11.8 Å². The van der Waals surface area contributed by atoms with E-state index in [9.17, 15) is 18.3 Å². The number of rotatable bonds is 4. The number of halogens is 3. The Labute approximate surface area is 171 Å². The minimum atomic E-state index is -4.50. The molecular weight excluding hydrogens is 397 g/mol. The highest BCUT2D eigenvalue weighted by molar-refractivity contribution is 5.61. The lowest BCUT2D eigenvalue weighted by Crippen LogP contribution is -2.42. The predicted molar refractivity (Wildman–Crippen MR) is 104 cm³/mol. The van der Waals surface area contributed by atoms with E-state index in [-0.39, 0.29) is 5.88 Å². The van der Waals surface area contributed by atoms with Crippen molar-refractivity contribution in [2.75, 3.05) is 7.11 Å². The van der Waals surface area contributed by atoms with Crippen LogP contribution in [0.4, 0.5) is 13.2 Å². The number of aromatic nitrogens is 4. The zero-order valence-corrected chi connectivity index (χ0v) is 16.9. The quantitative estimate of drug-likeness (QED) is 0.683. The molecule has 0 aliphatic carbocycles. The fraction of sp³-hybridized carbons (Fsp3) is 0.333. The fourth-order valence-electron chi connectivity index (χ4n) is 3.17. The van der Waals surface area contributed by atoms with Gasteiger partial charge in [0.05, 0.1) is 18.4 Å². The first-order chi connectivity index (χ1) is 14.0. The number of alkyl halides is 3. The Morgan fingerprint density at radius 2 is 1.40 bits per heavy atom. The van der Waals surface area contributed by atoms with Crippen LogP contribution in [0.3, 0.4) is 0 Å². The Balaban J connectivity index is 2.04. The van der Waals surface area contributed by atoms with Crippen LogP contribution in [0.5, 0.6) is 5.88 Å². The van der Waals surface area contributed by atoms with Gasteiger partial charge in [0.1, 0.15) is 17.6 Å². The summed E-state index contributed by atoms with van der Waals surface area (Å²) in [6, 6.07) is 5.53. The molecule has 0 bridgehead atoms. The van der Waals surface area contributed by atoms with Gasteiger partial charge in [0.15, 0.2) is 0 Å². The zero-order chi connectivity index (χ0) is 22.2. The van der Waals surface area contributed by atoms with Gasteiger partial charge in [0.25, 0.3) is 0 Å². The zero-order valence-electron chi connectivity index (χ0n) is 16.9. The first kappa shape index (κ1) is 21.6. The van der Waals surface area contributed by atoms with Gasteiger partial charge >= 0.3 is 6.18 Å². The number of nitrogens with zero attached hydrogens (tertiary/aromatic N) is 4. The number of hydrogen-bond acceptors (Lipinski definition) is 6. The minimum absolute atomic E-state index is 0.222. The molecule has 0 aliphatic rings. The molecule has 1 atom stereocenters. The molecule has 3 rings (SSSR count). The predicted octanol–water partition coefficient (Wildman–Crippen LogP) is 4.24. The molecule has 158 valence electrons. The van der Waals surface area contributed by atoms with Gasteiger partial charge in [-0.3, -0.25) is 9.97 Å². The van der Waals surface area contributed by atoms with Crippen LogP contribution in [-0.4, -0.2) is 32.2 Å². The van der Waals surface area contributed by atoms with E-state index < -0.39 is 22.9 Å². The van der Waals surface area contributed by atoms with Crippen LogP contribution in [0.15, 0.2) is 49.2 Å². The van der Waals surface area contributed by atoms with Crippen molar-refractivity contribution < 1.29 is 23.0 Å². The highest BCUT2D eigenvalue weighted by atomic mass is 19.4. The molecule has 30 heavy (non-hydrogen) atoms. The van der Waals surface area contributed by atoms with Gasteiger partial charge in [-0.05, 0) is 12.1 Å². The Kier molecular flexibility index (Phi) is 5.51. The molecule has 1 N–H and O–H groups in total. The lowest BCUT2D eigenvalue weighted by Gasteiger charge is -2.40. The van der Waals surface area contributed by atoms with E-state index in [2.05, 4.69) is 19.9 Å². The van der Waals surface area contributed by atoms with Crippen molar-refractivity contribution >= 4 is 0 Å². The molecule has 0 amide bonds. The molecule has 0 saturated carbocycles. The number of pyridine rings is 2. The summed E-state index contributed by atoms with van der Waals surface area (Å²) < 4.78 is 43.5. The lowest BCUT2D eigenvalue weighted by atomic mass is 9.70. The summed E-state index contributed by atoms with van der Waals surface area (Å²) in [5.41, 5.74) is -1.54. The van der Waals surface area contributed by atoms with Crippen molar-refractivity contribution in [2.45, 2.75) is 32.5 Å². The molecule has 0 fully saturated rings. The molecule has 1 unspecified atom stereocenters. The number of methoxy groups -OCH3 is 1. The maximum absolute atomic E-state index is 12.7. The van der Waals surface area contributed by atoms with Crippen LogP contribution in [0, 0.1) is 5.41 Å². The van der Waals surface area contributed by atoms with Gasteiger partial charge in [0.2, 0.25) is 5.88 Å². The molecule has 0 radical (unpaired) electrons. The Morgan fingerprint density at radius 1 is 0.833 bits per heavy atom. The Hall–Kier alpha value is -3.07. The second-order valence-corrected chi connectivity index (χ2v) is 7.77. The van der Waals surface area contributed by atoms with E-state index in [1.165, 1.54) is 31.9 Å². The molecule has 0 aliphatic heterocycles. The summed E-state index contributed by atoms with van der Waals surface area (Å²) in [6.07, 6.45) is 0.919. The largest absolute Gasteiger partial charge is 0.481 e. The maximum atomic E-state index is 12.7. The summed E-state index contributed by atoms with van der Waals surface area (Å²) in [5.74, 6) is 0.222. The SMILES string of the molecule is COc1ncncc1C(O)(c1ccc(-c2ccc(C(F)(F)F)nc2)cn1)C(C)(C)C. The van der Waals surface area contributed by atoms with E-state index in [1.807, 2.05) is 20.8 Å². The van der Waals surface area contributed by atoms with Gasteiger partial charge < -0.3 is 9.84 Å². The van der Waals surface area contributed by atoms with Gasteiger partial charge in [-0.1, -0.05) is 32.9 Å². The van der Waals surface area contributed by atoms with E-state index >= 15 is 0 Å². The fourth-order valence-corrected chi connectivity index (χ4v) is 3.17. The summed E-state index contributed by atoms with van der Waals surface area (Å²) in [7, 11) is 1.45. The average molecular weight is 418 g/mol. The highest BCUT2D eigenvalue weighted by Gasteiger charge is 2.47. The van der Waals surface area contributed by atoms with Gasteiger partial charge in [-0.25, -0.2) is 9.97 Å². The molecule has 0 aromatic carbocycles. The van der Waals surface area contributed by atoms with Crippen LogP contribution in [0.2, 0.25) is 0 Å². The van der Waals surface area contributed by atoms with Gasteiger partial charge in [-0.15, -0.1) is 0 Å². The molecule has 0 saturated heterocycles. The van der Waals surface area contributed by atoms with Crippen molar-refractivity contribution in [3.05, 3.63) is 66.1 Å². The number of aliphatic hydroxyl groups is 1. The molecule has 0 spiro atoms. The normalized spacial score (nSPS) is 14.3. The van der Waals surface area contributed by atoms with Crippen molar-refractivity contribution in [2.24, 2.45) is 5.41 Å². The van der Waals surface area contributed by atoms with E-state index in [4.69, 9.17) is 4.74 Å². The smallest absolute Gasteiger partial charge is 0.433 e. The van der Waals surface area contributed by atoms with Crippen molar-refractivity contribution in [3.63, 3.8) is 0 Å². The number of hydrogen-bond donors (Lipinski definition) is 1. The monoisotopic (exact) mass is 418 g/mol. The van der Waals surface area contributed by atoms with Crippen molar-refractivity contribution in [3.8, 4) is 17.0 Å². The molecule has 3 aromatic rings. The second-order valence-electron chi connectivity index (χ2n) is 7.77. The molecular formula is C21H21F3N4O2. The molecule has 3 heterocycles. The summed E-state index contributed by atoms with van der Waals surface area (Å²) in [6.45, 7) is 5.53. The van der Waals surface area contributed by atoms with Gasteiger partial charge in [0, 0.05) is 35.1 Å². The van der Waals surface area contributed by atoms with E-state index in [1.54, 1.807) is 12.1 Å². The third-order valence-electron chi connectivity index (χ3n) is 4.87.